The van der Waals surface area contributed by atoms with Gasteiger partial charge in [-0.1, -0.05) is 11.6 Å². The lowest BCUT2D eigenvalue weighted by Crippen LogP contribution is -2.29. The molecule has 0 bridgehead atoms. The number of hydrogen-bond donors (Lipinski definition) is 1. The van der Waals surface area contributed by atoms with Crippen LogP contribution in [0.1, 0.15) is 17.3 Å². The van der Waals surface area contributed by atoms with Crippen molar-refractivity contribution in [3.05, 3.63) is 38.9 Å². The maximum atomic E-state index is 11.7. The van der Waals surface area contributed by atoms with Crippen molar-refractivity contribution in [2.24, 2.45) is 0 Å². The summed E-state index contributed by atoms with van der Waals surface area (Å²) >= 11 is 11.4. The number of rotatable bonds is 4. The van der Waals surface area contributed by atoms with Crippen LogP contribution in [0.4, 0.5) is 5.69 Å². The fraction of sp³-hybridized carbons (Fsp3) is 0.300. The zero-order valence-corrected chi connectivity index (χ0v) is 10.5. The van der Waals surface area contributed by atoms with Gasteiger partial charge in [0.2, 0.25) is 0 Å². The number of nitrogens with zero attached hydrogens (tertiary/aromatic N) is 1. The average Bonchev–Trinajstić information content (AvgIpc) is 2.25. The number of hydrogen-bond acceptors (Lipinski definition) is 3. The second kappa shape index (κ2) is 5.84. The Bertz CT molecular complexity index is 449. The Morgan fingerprint density at radius 3 is 2.76 bits per heavy atom. The Hall–Kier alpha value is -1.33. The first kappa shape index (κ1) is 13.7. The van der Waals surface area contributed by atoms with E-state index in [9.17, 15) is 14.9 Å². The lowest BCUT2D eigenvalue weighted by atomic mass is 10.1. The van der Waals surface area contributed by atoms with E-state index in [0.717, 1.165) is 0 Å². The Kier molecular flexibility index (Phi) is 4.72. The van der Waals surface area contributed by atoms with E-state index in [1.807, 2.05) is 0 Å². The normalized spacial score (nSPS) is 11.9. The molecule has 0 aliphatic carbocycles. The van der Waals surface area contributed by atoms with Crippen LogP contribution in [0.2, 0.25) is 5.02 Å². The van der Waals surface area contributed by atoms with Gasteiger partial charge in [-0.25, -0.2) is 0 Å². The van der Waals surface area contributed by atoms with Gasteiger partial charge < -0.3 is 5.32 Å². The quantitative estimate of drug-likeness (QED) is 0.522. The van der Waals surface area contributed by atoms with Gasteiger partial charge in [-0.2, -0.15) is 0 Å². The summed E-state index contributed by atoms with van der Waals surface area (Å²) in [6.07, 6.45) is 0. The van der Waals surface area contributed by atoms with Crippen LogP contribution >= 0.6 is 23.2 Å². The molecular weight excluding hydrogens is 267 g/mol. The van der Waals surface area contributed by atoms with Crippen molar-refractivity contribution in [1.82, 2.24) is 5.32 Å². The first-order valence-electron chi connectivity index (χ1n) is 4.78. The highest BCUT2D eigenvalue weighted by Gasteiger charge is 2.20. The molecule has 0 spiro atoms. The van der Waals surface area contributed by atoms with Crippen LogP contribution in [-0.2, 0) is 0 Å². The van der Waals surface area contributed by atoms with E-state index in [2.05, 4.69) is 5.32 Å². The highest BCUT2D eigenvalue weighted by Crippen LogP contribution is 2.22. The number of nitro groups is 1. The smallest absolute Gasteiger partial charge is 0.282 e. The molecule has 0 heterocycles. The first-order valence-corrected chi connectivity index (χ1v) is 5.59. The van der Waals surface area contributed by atoms with E-state index < -0.39 is 10.8 Å². The van der Waals surface area contributed by atoms with Crippen molar-refractivity contribution in [2.45, 2.75) is 12.3 Å². The van der Waals surface area contributed by atoms with Crippen LogP contribution in [0.25, 0.3) is 0 Å². The van der Waals surface area contributed by atoms with Crippen molar-refractivity contribution in [3.63, 3.8) is 0 Å². The zero-order valence-electron chi connectivity index (χ0n) is 8.94. The fourth-order valence-corrected chi connectivity index (χ4v) is 1.43. The number of nitro benzene ring substituents is 1. The van der Waals surface area contributed by atoms with Crippen LogP contribution in [0.3, 0.4) is 0 Å². The van der Waals surface area contributed by atoms with Gasteiger partial charge in [0.1, 0.15) is 5.56 Å². The van der Waals surface area contributed by atoms with E-state index in [4.69, 9.17) is 23.2 Å². The number of benzene rings is 1. The Balaban J connectivity index is 2.98. The number of halogens is 2. The summed E-state index contributed by atoms with van der Waals surface area (Å²) in [6.45, 7) is 1.93. The first-order chi connectivity index (χ1) is 7.91. The number of carbonyl (C=O) groups is 1. The van der Waals surface area contributed by atoms with Crippen LogP contribution in [0.5, 0.6) is 0 Å². The van der Waals surface area contributed by atoms with Gasteiger partial charge in [0.25, 0.3) is 11.6 Å². The Labute approximate surface area is 108 Å². The maximum Gasteiger partial charge on any atom is 0.282 e. The third-order valence-corrected chi connectivity index (χ3v) is 2.33. The van der Waals surface area contributed by atoms with Crippen molar-refractivity contribution in [2.75, 3.05) is 6.54 Å². The van der Waals surface area contributed by atoms with E-state index >= 15 is 0 Å². The molecule has 17 heavy (non-hydrogen) atoms. The topological polar surface area (TPSA) is 72.2 Å². The van der Waals surface area contributed by atoms with E-state index in [1.165, 1.54) is 18.2 Å². The average molecular weight is 277 g/mol. The molecule has 1 aromatic carbocycles. The summed E-state index contributed by atoms with van der Waals surface area (Å²) in [5.41, 5.74) is -0.353. The number of amides is 1. The molecule has 0 aliphatic rings. The zero-order chi connectivity index (χ0) is 13.0. The molecule has 1 amide bonds. The third-order valence-electron chi connectivity index (χ3n) is 1.94. The van der Waals surface area contributed by atoms with Gasteiger partial charge in [0, 0.05) is 23.0 Å². The predicted octanol–water partition coefficient (Wildman–Crippen LogP) is 2.61. The lowest BCUT2D eigenvalue weighted by Gasteiger charge is -2.07. The van der Waals surface area contributed by atoms with Crippen molar-refractivity contribution < 1.29 is 9.72 Å². The molecule has 1 unspecified atom stereocenters. The molecule has 1 atom stereocenters. The maximum absolute atomic E-state index is 11.7. The van der Waals surface area contributed by atoms with Gasteiger partial charge >= 0.3 is 0 Å². The second-order valence-electron chi connectivity index (χ2n) is 3.41. The minimum atomic E-state index is -0.630. The monoisotopic (exact) mass is 276 g/mol. The predicted molar refractivity (Wildman–Crippen MR) is 65.8 cm³/mol. The Morgan fingerprint density at radius 2 is 2.24 bits per heavy atom. The molecule has 7 heteroatoms. The van der Waals surface area contributed by atoms with Crippen LogP contribution in [0, 0.1) is 10.1 Å². The van der Waals surface area contributed by atoms with Crippen molar-refractivity contribution in [3.8, 4) is 0 Å². The molecule has 0 radical (unpaired) electrons. The summed E-state index contributed by atoms with van der Waals surface area (Å²) in [5, 5.41) is 13.2. The number of nitrogens with one attached hydrogen (secondary N) is 1. The molecule has 92 valence electrons. The Morgan fingerprint density at radius 1 is 1.59 bits per heavy atom. The van der Waals surface area contributed by atoms with Crippen molar-refractivity contribution >= 4 is 34.8 Å². The summed E-state index contributed by atoms with van der Waals surface area (Å²) in [5.74, 6) is -0.563. The summed E-state index contributed by atoms with van der Waals surface area (Å²) < 4.78 is 0. The standard InChI is InChI=1S/C10H10Cl2N2O3/c1-6(11)5-13-10(15)8-4-7(12)2-3-9(8)14(16)17/h2-4,6H,5H2,1H3,(H,13,15). The number of carbonyl (C=O) groups excluding carboxylic acids is 1. The molecule has 0 aromatic heterocycles. The second-order valence-corrected chi connectivity index (χ2v) is 4.59. The lowest BCUT2D eigenvalue weighted by molar-refractivity contribution is -0.385. The van der Waals surface area contributed by atoms with Gasteiger partial charge in [0.05, 0.1) is 4.92 Å². The summed E-state index contributed by atoms with van der Waals surface area (Å²) in [6, 6.07) is 3.82. The molecular formula is C10H10Cl2N2O3. The molecule has 1 N–H and O–H groups in total. The van der Waals surface area contributed by atoms with Crippen LogP contribution < -0.4 is 5.32 Å². The van der Waals surface area contributed by atoms with Gasteiger partial charge in [-0.15, -0.1) is 11.6 Å². The van der Waals surface area contributed by atoms with Gasteiger partial charge in [-0.05, 0) is 19.1 Å². The van der Waals surface area contributed by atoms with Crippen molar-refractivity contribution in [1.29, 1.82) is 0 Å². The minimum Gasteiger partial charge on any atom is -0.350 e. The highest BCUT2D eigenvalue weighted by molar-refractivity contribution is 6.31. The van der Waals surface area contributed by atoms with E-state index in [1.54, 1.807) is 6.92 Å². The summed E-state index contributed by atoms with van der Waals surface area (Å²) in [4.78, 5) is 21.8. The van der Waals surface area contributed by atoms with Gasteiger partial charge in [0.15, 0.2) is 0 Å². The molecule has 1 aromatic rings. The SMILES string of the molecule is CC(Cl)CNC(=O)c1cc(Cl)ccc1[N+](=O)[O-]. The molecule has 0 saturated heterocycles. The van der Waals surface area contributed by atoms with Crippen LogP contribution in [0.15, 0.2) is 18.2 Å². The van der Waals surface area contributed by atoms with E-state index in [-0.39, 0.29) is 28.2 Å². The molecule has 5 nitrogen and oxygen atoms in total. The van der Waals surface area contributed by atoms with Gasteiger partial charge in [-0.3, -0.25) is 14.9 Å². The minimum absolute atomic E-state index is 0.0696. The van der Waals surface area contributed by atoms with E-state index in [0.29, 0.717) is 0 Å². The van der Waals surface area contributed by atoms with Crippen LogP contribution in [-0.4, -0.2) is 22.8 Å². The largest absolute Gasteiger partial charge is 0.350 e. The molecule has 0 aliphatic heterocycles. The number of alkyl halides is 1. The fourth-order valence-electron chi connectivity index (χ4n) is 1.18. The molecule has 0 fully saturated rings. The molecule has 1 rings (SSSR count). The molecule has 0 saturated carbocycles. The third kappa shape index (κ3) is 3.87. The highest BCUT2D eigenvalue weighted by atomic mass is 35.5. The summed E-state index contributed by atoms with van der Waals surface area (Å²) in [7, 11) is 0.